The zero-order valence-corrected chi connectivity index (χ0v) is 12.0. The van der Waals surface area contributed by atoms with Crippen LogP contribution in [-0.2, 0) is 0 Å². The lowest BCUT2D eigenvalue weighted by Gasteiger charge is -2.15. The van der Waals surface area contributed by atoms with E-state index in [0.29, 0.717) is 5.95 Å². The fraction of sp³-hybridized carbons (Fsp3) is 0.538. The molecule has 0 amide bonds. The molecule has 0 spiro atoms. The summed E-state index contributed by atoms with van der Waals surface area (Å²) in [6.45, 7) is 4.50. The second-order valence-electron chi connectivity index (χ2n) is 4.76. The summed E-state index contributed by atoms with van der Waals surface area (Å²) in [5, 5.41) is 9.64. The Morgan fingerprint density at radius 3 is 2.95 bits per heavy atom. The average molecular weight is 277 g/mol. The van der Waals surface area contributed by atoms with Crippen LogP contribution in [-0.4, -0.2) is 48.1 Å². The molecule has 0 unspecified atom stereocenters. The van der Waals surface area contributed by atoms with E-state index in [2.05, 4.69) is 36.9 Å². The highest BCUT2D eigenvalue weighted by Gasteiger charge is 2.12. The molecule has 3 rings (SSSR count). The van der Waals surface area contributed by atoms with Crippen LogP contribution in [0.3, 0.4) is 0 Å². The summed E-state index contributed by atoms with van der Waals surface area (Å²) < 4.78 is 0. The topological polar surface area (TPSA) is 53.1 Å². The number of rotatable bonds is 5. The molecule has 0 atom stereocenters. The molecule has 2 N–H and O–H groups in total. The van der Waals surface area contributed by atoms with E-state index in [1.165, 1.54) is 25.9 Å². The Morgan fingerprint density at radius 1 is 1.32 bits per heavy atom. The van der Waals surface area contributed by atoms with Gasteiger partial charge in [-0.15, -0.1) is 11.3 Å². The zero-order valence-electron chi connectivity index (χ0n) is 11.1. The number of likely N-dealkylation sites (tertiary alicyclic amines) is 1. The van der Waals surface area contributed by atoms with Crippen molar-refractivity contribution in [3.05, 3.63) is 11.4 Å². The van der Waals surface area contributed by atoms with Gasteiger partial charge in [-0.2, -0.15) is 4.98 Å². The van der Waals surface area contributed by atoms with Gasteiger partial charge in [0.05, 0.1) is 5.39 Å². The van der Waals surface area contributed by atoms with Crippen LogP contribution in [0.1, 0.15) is 12.8 Å². The fourth-order valence-corrected chi connectivity index (χ4v) is 3.20. The number of nitrogens with zero attached hydrogens (tertiary/aromatic N) is 3. The van der Waals surface area contributed by atoms with Crippen LogP contribution in [0.25, 0.3) is 10.2 Å². The molecular formula is C13H19N5S. The monoisotopic (exact) mass is 277 g/mol. The summed E-state index contributed by atoms with van der Waals surface area (Å²) in [6.07, 6.45) is 2.68. The Morgan fingerprint density at radius 2 is 2.16 bits per heavy atom. The number of fused-ring (bicyclic) bond motifs is 1. The van der Waals surface area contributed by atoms with Gasteiger partial charge in [-0.25, -0.2) is 4.98 Å². The Balaban J connectivity index is 1.70. The standard InChI is InChI=1S/C13H19N5S/c1-14-13-16-11(10-4-9-19-12(10)17-13)15-5-8-18-6-2-3-7-18/h4,9H,2-3,5-8H2,1H3,(H2,14,15,16,17). The highest BCUT2D eigenvalue weighted by Crippen LogP contribution is 2.26. The number of aromatic nitrogens is 2. The van der Waals surface area contributed by atoms with E-state index in [0.717, 1.165) is 29.1 Å². The van der Waals surface area contributed by atoms with Crippen molar-refractivity contribution in [3.8, 4) is 0 Å². The van der Waals surface area contributed by atoms with Crippen molar-refractivity contribution in [2.75, 3.05) is 43.9 Å². The highest BCUT2D eigenvalue weighted by atomic mass is 32.1. The minimum absolute atomic E-state index is 0.679. The van der Waals surface area contributed by atoms with E-state index in [1.54, 1.807) is 11.3 Å². The summed E-state index contributed by atoms with van der Waals surface area (Å²) in [5.74, 6) is 1.62. The molecule has 0 bridgehead atoms. The number of hydrogen-bond acceptors (Lipinski definition) is 6. The van der Waals surface area contributed by atoms with Gasteiger partial charge in [0.1, 0.15) is 10.6 Å². The first-order valence-corrected chi connectivity index (χ1v) is 7.64. The molecule has 1 aliphatic rings. The lowest BCUT2D eigenvalue weighted by Crippen LogP contribution is -2.26. The van der Waals surface area contributed by atoms with Gasteiger partial charge in [0.2, 0.25) is 5.95 Å². The van der Waals surface area contributed by atoms with Gasteiger partial charge < -0.3 is 15.5 Å². The summed E-state index contributed by atoms with van der Waals surface area (Å²) >= 11 is 1.65. The first-order valence-electron chi connectivity index (χ1n) is 6.76. The Bertz CT molecular complexity index is 547. The molecule has 2 aromatic heterocycles. The molecule has 1 aliphatic heterocycles. The molecule has 3 heterocycles. The van der Waals surface area contributed by atoms with Crippen molar-refractivity contribution in [2.45, 2.75) is 12.8 Å². The van der Waals surface area contributed by atoms with E-state index >= 15 is 0 Å². The molecule has 0 aliphatic carbocycles. The average Bonchev–Trinajstić information content (AvgIpc) is 3.08. The maximum Gasteiger partial charge on any atom is 0.225 e. The number of nitrogens with one attached hydrogen (secondary N) is 2. The molecule has 19 heavy (non-hydrogen) atoms. The van der Waals surface area contributed by atoms with E-state index < -0.39 is 0 Å². The quantitative estimate of drug-likeness (QED) is 0.878. The molecule has 5 nitrogen and oxygen atoms in total. The molecule has 6 heteroatoms. The fourth-order valence-electron chi connectivity index (χ4n) is 2.44. The molecule has 1 saturated heterocycles. The predicted octanol–water partition coefficient (Wildman–Crippen LogP) is 2.24. The smallest absolute Gasteiger partial charge is 0.225 e. The van der Waals surface area contributed by atoms with Crippen LogP contribution in [0.4, 0.5) is 11.8 Å². The van der Waals surface area contributed by atoms with Crippen molar-refractivity contribution < 1.29 is 0 Å². The lowest BCUT2D eigenvalue weighted by molar-refractivity contribution is 0.352. The van der Waals surface area contributed by atoms with Gasteiger partial charge >= 0.3 is 0 Å². The summed E-state index contributed by atoms with van der Waals surface area (Å²) in [7, 11) is 1.85. The van der Waals surface area contributed by atoms with Crippen LogP contribution in [0.5, 0.6) is 0 Å². The first kappa shape index (κ1) is 12.6. The molecule has 0 aromatic carbocycles. The van der Waals surface area contributed by atoms with Crippen molar-refractivity contribution in [3.63, 3.8) is 0 Å². The maximum absolute atomic E-state index is 4.51. The molecule has 0 radical (unpaired) electrons. The summed E-state index contributed by atoms with van der Waals surface area (Å²) in [6, 6.07) is 2.08. The van der Waals surface area contributed by atoms with E-state index in [9.17, 15) is 0 Å². The van der Waals surface area contributed by atoms with Gasteiger partial charge in [0.25, 0.3) is 0 Å². The van der Waals surface area contributed by atoms with Crippen LogP contribution in [0.15, 0.2) is 11.4 Å². The molecular weight excluding hydrogens is 258 g/mol. The first-order chi connectivity index (χ1) is 9.36. The lowest BCUT2D eigenvalue weighted by atomic mass is 10.3. The second-order valence-corrected chi connectivity index (χ2v) is 5.66. The highest BCUT2D eigenvalue weighted by molar-refractivity contribution is 7.16. The van der Waals surface area contributed by atoms with Gasteiger partial charge in [0.15, 0.2) is 0 Å². The molecule has 1 fully saturated rings. The van der Waals surface area contributed by atoms with Gasteiger partial charge in [0, 0.05) is 20.1 Å². The Hall–Kier alpha value is -1.40. The normalized spacial score (nSPS) is 16.1. The summed E-state index contributed by atoms with van der Waals surface area (Å²) in [4.78, 5) is 12.5. The van der Waals surface area contributed by atoms with Crippen molar-refractivity contribution >= 4 is 33.3 Å². The third kappa shape index (κ3) is 2.79. The third-order valence-electron chi connectivity index (χ3n) is 3.47. The van der Waals surface area contributed by atoms with Crippen LogP contribution in [0.2, 0.25) is 0 Å². The Kier molecular flexibility index (Phi) is 3.79. The van der Waals surface area contributed by atoms with Gasteiger partial charge in [-0.05, 0) is 37.4 Å². The van der Waals surface area contributed by atoms with Crippen molar-refractivity contribution in [1.29, 1.82) is 0 Å². The predicted molar refractivity (Wildman–Crippen MR) is 81.1 cm³/mol. The maximum atomic E-state index is 4.51. The summed E-state index contributed by atoms with van der Waals surface area (Å²) in [5.41, 5.74) is 0. The number of anilines is 2. The minimum atomic E-state index is 0.679. The van der Waals surface area contributed by atoms with E-state index in [-0.39, 0.29) is 0 Å². The number of thiophene rings is 1. The number of hydrogen-bond donors (Lipinski definition) is 2. The van der Waals surface area contributed by atoms with E-state index in [4.69, 9.17) is 0 Å². The van der Waals surface area contributed by atoms with Gasteiger partial charge in [-0.1, -0.05) is 0 Å². The zero-order chi connectivity index (χ0) is 13.1. The second kappa shape index (κ2) is 5.71. The van der Waals surface area contributed by atoms with Crippen LogP contribution < -0.4 is 10.6 Å². The molecule has 2 aromatic rings. The van der Waals surface area contributed by atoms with Gasteiger partial charge in [-0.3, -0.25) is 0 Å². The molecule has 0 saturated carbocycles. The third-order valence-corrected chi connectivity index (χ3v) is 4.27. The van der Waals surface area contributed by atoms with Crippen molar-refractivity contribution in [2.24, 2.45) is 0 Å². The van der Waals surface area contributed by atoms with Crippen molar-refractivity contribution in [1.82, 2.24) is 14.9 Å². The molecule has 102 valence electrons. The SMILES string of the molecule is CNc1nc(NCCN2CCCC2)c2ccsc2n1. The largest absolute Gasteiger partial charge is 0.368 e. The van der Waals surface area contributed by atoms with Crippen LogP contribution >= 0.6 is 11.3 Å². The van der Waals surface area contributed by atoms with E-state index in [1.807, 2.05) is 7.05 Å². The minimum Gasteiger partial charge on any atom is -0.368 e. The van der Waals surface area contributed by atoms with Crippen LogP contribution in [0, 0.1) is 0 Å². The Labute approximate surface area is 117 Å².